The van der Waals surface area contributed by atoms with E-state index in [-0.39, 0.29) is 18.0 Å². The molecule has 1 aliphatic rings. The zero-order chi connectivity index (χ0) is 21.1. The molecule has 1 unspecified atom stereocenters. The van der Waals surface area contributed by atoms with Crippen molar-refractivity contribution in [2.75, 3.05) is 20.1 Å². The van der Waals surface area contributed by atoms with E-state index < -0.39 is 0 Å². The first-order valence-electron chi connectivity index (χ1n) is 9.98. The number of hydrogen-bond donors (Lipinski definition) is 2. The van der Waals surface area contributed by atoms with Gasteiger partial charge < -0.3 is 20.1 Å². The number of amides is 3. The van der Waals surface area contributed by atoms with Crippen LogP contribution in [0.1, 0.15) is 28.9 Å². The number of nitrogens with zero attached hydrogens (tertiary/aromatic N) is 3. The van der Waals surface area contributed by atoms with E-state index in [2.05, 4.69) is 15.3 Å². The number of urea groups is 1. The van der Waals surface area contributed by atoms with E-state index >= 15 is 0 Å². The Bertz CT molecular complexity index is 1050. The molecule has 0 spiro atoms. The number of nitrogens with one attached hydrogen (secondary N) is 2. The Kier molecular flexibility index (Phi) is 5.90. The third-order valence-electron chi connectivity index (χ3n) is 5.55. The number of fused-ring (bicyclic) bond motifs is 1. The van der Waals surface area contributed by atoms with Gasteiger partial charge in [-0.3, -0.25) is 9.78 Å². The van der Waals surface area contributed by atoms with Gasteiger partial charge in [-0.15, -0.1) is 0 Å². The highest BCUT2D eigenvalue weighted by Gasteiger charge is 2.29. The smallest absolute Gasteiger partial charge is 0.317 e. The summed E-state index contributed by atoms with van der Waals surface area (Å²) >= 11 is 6.03. The van der Waals surface area contributed by atoms with Gasteiger partial charge in [0.2, 0.25) is 0 Å². The summed E-state index contributed by atoms with van der Waals surface area (Å²) in [5.74, 6) is -0.0207. The van der Waals surface area contributed by atoms with Crippen LogP contribution in [0.25, 0.3) is 10.9 Å². The summed E-state index contributed by atoms with van der Waals surface area (Å²) in [5, 5.41) is 4.65. The van der Waals surface area contributed by atoms with Crippen molar-refractivity contribution in [1.29, 1.82) is 0 Å². The number of H-pyrrole nitrogens is 1. The average molecular weight is 426 g/mol. The minimum atomic E-state index is -0.158. The second kappa shape index (κ2) is 8.75. The van der Waals surface area contributed by atoms with Crippen LogP contribution in [0, 0.1) is 0 Å². The van der Waals surface area contributed by atoms with Crippen LogP contribution in [-0.4, -0.2) is 57.9 Å². The van der Waals surface area contributed by atoms with Crippen molar-refractivity contribution < 1.29 is 9.59 Å². The fourth-order valence-corrected chi connectivity index (χ4v) is 4.03. The Morgan fingerprint density at radius 3 is 2.87 bits per heavy atom. The van der Waals surface area contributed by atoms with E-state index in [0.29, 0.717) is 30.2 Å². The number of hydrogen-bond acceptors (Lipinski definition) is 3. The van der Waals surface area contributed by atoms with Crippen LogP contribution >= 0.6 is 11.6 Å². The van der Waals surface area contributed by atoms with Crippen LogP contribution in [0.5, 0.6) is 0 Å². The molecule has 156 valence electrons. The van der Waals surface area contributed by atoms with Gasteiger partial charge in [0.15, 0.2) is 0 Å². The van der Waals surface area contributed by atoms with Gasteiger partial charge in [0, 0.05) is 59.7 Å². The van der Waals surface area contributed by atoms with Gasteiger partial charge in [0.25, 0.3) is 5.91 Å². The van der Waals surface area contributed by atoms with E-state index in [0.717, 1.165) is 29.4 Å². The summed E-state index contributed by atoms with van der Waals surface area (Å²) in [7, 11) is 1.78. The Morgan fingerprint density at radius 2 is 2.07 bits per heavy atom. The summed E-state index contributed by atoms with van der Waals surface area (Å²) in [6.45, 7) is 1.61. The van der Waals surface area contributed by atoms with E-state index in [1.807, 2.05) is 29.2 Å². The van der Waals surface area contributed by atoms with Crippen molar-refractivity contribution in [3.8, 4) is 0 Å². The molecule has 3 amide bonds. The van der Waals surface area contributed by atoms with Gasteiger partial charge >= 0.3 is 6.03 Å². The van der Waals surface area contributed by atoms with Crippen LogP contribution in [0.3, 0.4) is 0 Å². The maximum atomic E-state index is 12.7. The molecule has 3 aromatic rings. The van der Waals surface area contributed by atoms with Crippen molar-refractivity contribution in [1.82, 2.24) is 25.1 Å². The number of aromatic nitrogens is 2. The monoisotopic (exact) mass is 425 g/mol. The van der Waals surface area contributed by atoms with Crippen LogP contribution in [-0.2, 0) is 6.54 Å². The minimum Gasteiger partial charge on any atom is -0.357 e. The molecule has 30 heavy (non-hydrogen) atoms. The van der Waals surface area contributed by atoms with Crippen molar-refractivity contribution in [3.63, 3.8) is 0 Å². The number of rotatable bonds is 4. The molecule has 1 fully saturated rings. The molecule has 0 radical (unpaired) electrons. The third kappa shape index (κ3) is 4.41. The second-order valence-electron chi connectivity index (χ2n) is 7.58. The molecular formula is C22H24ClN5O2. The third-order valence-corrected chi connectivity index (χ3v) is 5.78. The first-order valence-corrected chi connectivity index (χ1v) is 10.4. The van der Waals surface area contributed by atoms with Gasteiger partial charge in [0.1, 0.15) is 0 Å². The Labute approximate surface area is 180 Å². The number of likely N-dealkylation sites (N-methyl/N-ethyl adjacent to an activating group) is 1. The SMILES string of the molecule is CN(C(=O)NCc1cc2cc(Cl)ccc2[nH]1)C1CCCN(C(=O)c2ccncc2)C1. The molecular weight excluding hydrogens is 402 g/mol. The molecule has 2 N–H and O–H groups in total. The maximum Gasteiger partial charge on any atom is 0.317 e. The number of carbonyl (C=O) groups is 2. The van der Waals surface area contributed by atoms with Crippen molar-refractivity contribution in [2.24, 2.45) is 0 Å². The lowest BCUT2D eigenvalue weighted by molar-refractivity contribution is 0.0636. The molecule has 0 aliphatic carbocycles. The molecule has 7 nitrogen and oxygen atoms in total. The molecule has 0 bridgehead atoms. The average Bonchev–Trinajstić information content (AvgIpc) is 3.19. The van der Waals surface area contributed by atoms with E-state index in [9.17, 15) is 9.59 Å². The van der Waals surface area contributed by atoms with Crippen molar-refractivity contribution in [3.05, 3.63) is 65.1 Å². The standard InChI is InChI=1S/C22H24ClN5O2/c1-27(19-3-2-10-28(14-19)21(29)15-6-8-24-9-7-15)22(30)25-13-18-12-16-11-17(23)4-5-20(16)26-18/h4-9,11-12,19,26H,2-3,10,13-14H2,1H3,(H,25,30). The lowest BCUT2D eigenvalue weighted by Crippen LogP contribution is -2.52. The number of likely N-dealkylation sites (tertiary alicyclic amines) is 1. The van der Waals surface area contributed by atoms with E-state index in [1.165, 1.54) is 0 Å². The predicted octanol–water partition coefficient (Wildman–Crippen LogP) is 3.66. The summed E-state index contributed by atoms with van der Waals surface area (Å²) in [6.07, 6.45) is 4.97. The zero-order valence-corrected chi connectivity index (χ0v) is 17.5. The molecule has 0 saturated carbocycles. The first kappa shape index (κ1) is 20.2. The highest BCUT2D eigenvalue weighted by atomic mass is 35.5. The molecule has 4 rings (SSSR count). The van der Waals surface area contributed by atoms with Crippen LogP contribution in [0.2, 0.25) is 5.02 Å². The van der Waals surface area contributed by atoms with Crippen molar-refractivity contribution >= 4 is 34.4 Å². The fourth-order valence-electron chi connectivity index (χ4n) is 3.85. The number of benzene rings is 1. The maximum absolute atomic E-state index is 12.7. The molecule has 1 aliphatic heterocycles. The summed E-state index contributed by atoms with van der Waals surface area (Å²) in [5.41, 5.74) is 2.51. The summed E-state index contributed by atoms with van der Waals surface area (Å²) in [4.78, 5) is 36.2. The zero-order valence-electron chi connectivity index (χ0n) is 16.8. The number of pyridine rings is 1. The predicted molar refractivity (Wildman–Crippen MR) is 116 cm³/mol. The minimum absolute atomic E-state index is 0.0207. The first-order chi connectivity index (χ1) is 14.5. The lowest BCUT2D eigenvalue weighted by atomic mass is 10.0. The topological polar surface area (TPSA) is 81.3 Å². The Hall–Kier alpha value is -3.06. The van der Waals surface area contributed by atoms with Crippen molar-refractivity contribution in [2.45, 2.75) is 25.4 Å². The molecule has 2 aromatic heterocycles. The van der Waals surface area contributed by atoms with Crippen LogP contribution < -0.4 is 5.32 Å². The number of carbonyl (C=O) groups excluding carboxylic acids is 2. The molecule has 1 atom stereocenters. The molecule has 8 heteroatoms. The number of piperidine rings is 1. The highest BCUT2D eigenvalue weighted by Crippen LogP contribution is 2.20. The summed E-state index contributed by atoms with van der Waals surface area (Å²) in [6, 6.07) is 10.9. The van der Waals surface area contributed by atoms with Crippen LogP contribution in [0.4, 0.5) is 4.79 Å². The normalized spacial score (nSPS) is 16.5. The quantitative estimate of drug-likeness (QED) is 0.669. The Morgan fingerprint density at radius 1 is 1.27 bits per heavy atom. The second-order valence-corrected chi connectivity index (χ2v) is 8.02. The number of aromatic amines is 1. The molecule has 3 heterocycles. The van der Waals surface area contributed by atoms with Gasteiger partial charge in [-0.1, -0.05) is 11.6 Å². The Balaban J connectivity index is 1.35. The lowest BCUT2D eigenvalue weighted by Gasteiger charge is -2.37. The van der Waals surface area contributed by atoms with Gasteiger partial charge in [-0.05, 0) is 49.2 Å². The molecule has 1 aromatic carbocycles. The fraction of sp³-hybridized carbons (Fsp3) is 0.318. The summed E-state index contributed by atoms with van der Waals surface area (Å²) < 4.78 is 0. The molecule has 1 saturated heterocycles. The number of halogens is 1. The van der Waals surface area contributed by atoms with E-state index in [1.54, 1.807) is 36.5 Å². The largest absolute Gasteiger partial charge is 0.357 e. The van der Waals surface area contributed by atoms with Gasteiger partial charge in [0.05, 0.1) is 12.6 Å². The van der Waals surface area contributed by atoms with Gasteiger partial charge in [-0.25, -0.2) is 4.79 Å². The highest BCUT2D eigenvalue weighted by molar-refractivity contribution is 6.31. The van der Waals surface area contributed by atoms with Crippen LogP contribution in [0.15, 0.2) is 48.8 Å². The van der Waals surface area contributed by atoms with Gasteiger partial charge in [-0.2, -0.15) is 0 Å². The van der Waals surface area contributed by atoms with E-state index in [4.69, 9.17) is 11.6 Å².